The number of anilines is 1. The molecule has 1 atom stereocenters. The molecule has 0 saturated carbocycles. The number of amides is 2. The van der Waals surface area contributed by atoms with Crippen LogP contribution in [0.4, 0.5) is 5.69 Å². The van der Waals surface area contributed by atoms with Gasteiger partial charge in [0.05, 0.1) is 13.7 Å². The molecule has 2 amide bonds. The number of methoxy groups -OCH3 is 1. The van der Waals surface area contributed by atoms with Crippen LogP contribution in [-0.4, -0.2) is 66.1 Å². The Kier molecular flexibility index (Phi) is 7.08. The molecule has 28 heavy (non-hydrogen) atoms. The highest BCUT2D eigenvalue weighted by Crippen LogP contribution is 2.17. The van der Waals surface area contributed by atoms with Crippen LogP contribution in [0.1, 0.15) is 32.1 Å². The minimum Gasteiger partial charge on any atom is -0.497 e. The molecule has 2 fully saturated rings. The third-order valence-electron chi connectivity index (χ3n) is 5.22. The lowest BCUT2D eigenvalue weighted by Gasteiger charge is -2.27. The van der Waals surface area contributed by atoms with Crippen molar-refractivity contribution in [3.8, 4) is 5.75 Å². The highest BCUT2D eigenvalue weighted by atomic mass is 32.1. The van der Waals surface area contributed by atoms with Gasteiger partial charge < -0.3 is 25.2 Å². The van der Waals surface area contributed by atoms with E-state index in [0.717, 1.165) is 50.2 Å². The van der Waals surface area contributed by atoms with E-state index >= 15 is 0 Å². The third kappa shape index (κ3) is 5.34. The van der Waals surface area contributed by atoms with E-state index in [2.05, 4.69) is 10.6 Å². The van der Waals surface area contributed by atoms with Crippen molar-refractivity contribution in [3.05, 3.63) is 24.3 Å². The quantitative estimate of drug-likeness (QED) is 0.731. The van der Waals surface area contributed by atoms with Crippen LogP contribution >= 0.6 is 12.2 Å². The lowest BCUT2D eigenvalue weighted by Crippen LogP contribution is -2.51. The summed E-state index contributed by atoms with van der Waals surface area (Å²) < 4.78 is 5.15. The van der Waals surface area contributed by atoms with Crippen LogP contribution in [0.5, 0.6) is 5.75 Å². The van der Waals surface area contributed by atoms with Gasteiger partial charge in [-0.2, -0.15) is 0 Å². The van der Waals surface area contributed by atoms with E-state index in [-0.39, 0.29) is 18.4 Å². The van der Waals surface area contributed by atoms with Gasteiger partial charge in [-0.3, -0.25) is 9.59 Å². The molecule has 8 heteroatoms. The predicted octanol–water partition coefficient (Wildman–Crippen LogP) is 1.99. The fourth-order valence-corrected chi connectivity index (χ4v) is 3.89. The van der Waals surface area contributed by atoms with Crippen molar-refractivity contribution in [2.75, 3.05) is 38.6 Å². The Hall–Kier alpha value is -2.35. The number of carbonyl (C=O) groups excluding carboxylic acids is 2. The van der Waals surface area contributed by atoms with E-state index in [1.54, 1.807) is 12.0 Å². The van der Waals surface area contributed by atoms with Gasteiger partial charge in [-0.05, 0) is 68.6 Å². The highest BCUT2D eigenvalue weighted by molar-refractivity contribution is 7.80. The fraction of sp³-hybridized carbons (Fsp3) is 0.550. The van der Waals surface area contributed by atoms with Gasteiger partial charge in [0.15, 0.2) is 5.11 Å². The normalized spacial score (nSPS) is 19.9. The van der Waals surface area contributed by atoms with Crippen molar-refractivity contribution in [1.29, 1.82) is 0 Å². The summed E-state index contributed by atoms with van der Waals surface area (Å²) >= 11 is 5.39. The molecule has 2 N–H and O–H groups in total. The third-order valence-corrected chi connectivity index (χ3v) is 5.44. The molecule has 2 aliphatic rings. The molecular formula is C20H28N4O3S. The lowest BCUT2D eigenvalue weighted by molar-refractivity contribution is -0.140. The number of thiocarbonyl (C=S) groups is 1. The summed E-state index contributed by atoms with van der Waals surface area (Å²) in [5, 5.41) is 6.63. The Labute approximate surface area is 171 Å². The Morgan fingerprint density at radius 1 is 1.14 bits per heavy atom. The maximum atomic E-state index is 13.0. The number of carbonyl (C=O) groups is 2. The molecule has 0 aliphatic carbocycles. The van der Waals surface area contributed by atoms with Crippen molar-refractivity contribution in [2.24, 2.45) is 0 Å². The van der Waals surface area contributed by atoms with Crippen molar-refractivity contribution >= 4 is 34.8 Å². The zero-order valence-corrected chi connectivity index (χ0v) is 17.1. The Morgan fingerprint density at radius 3 is 2.50 bits per heavy atom. The average Bonchev–Trinajstić information content (AvgIpc) is 3.19. The predicted molar refractivity (Wildman–Crippen MR) is 112 cm³/mol. The standard InChI is InChI=1S/C20H28N4O3S/c1-27-16-9-7-15(8-10-16)21-20(28)22-17-6-2-3-13-24(19(17)26)14-18(25)23-11-4-5-12-23/h7-10,17H,2-6,11-14H2,1H3,(H2,21,22,28). The van der Waals surface area contributed by atoms with E-state index in [9.17, 15) is 9.59 Å². The van der Waals surface area contributed by atoms with Crippen LogP contribution in [-0.2, 0) is 9.59 Å². The number of nitrogens with one attached hydrogen (secondary N) is 2. The first-order valence-electron chi connectivity index (χ1n) is 9.85. The summed E-state index contributed by atoms with van der Waals surface area (Å²) in [6.45, 7) is 2.39. The van der Waals surface area contributed by atoms with Crippen molar-refractivity contribution < 1.29 is 14.3 Å². The van der Waals surface area contributed by atoms with Gasteiger partial charge >= 0.3 is 0 Å². The minimum absolute atomic E-state index is 0.0467. The van der Waals surface area contributed by atoms with Crippen LogP contribution in [0.3, 0.4) is 0 Å². The second-order valence-corrected chi connectivity index (χ2v) is 7.63. The number of hydrogen-bond donors (Lipinski definition) is 2. The number of rotatable bonds is 5. The van der Waals surface area contributed by atoms with Crippen LogP contribution in [0, 0.1) is 0 Å². The molecule has 2 aliphatic heterocycles. The van der Waals surface area contributed by atoms with Gasteiger partial charge in [0.2, 0.25) is 11.8 Å². The van der Waals surface area contributed by atoms with Crippen molar-refractivity contribution in [2.45, 2.75) is 38.1 Å². The lowest BCUT2D eigenvalue weighted by atomic mass is 10.1. The molecule has 0 bridgehead atoms. The molecule has 0 spiro atoms. The zero-order chi connectivity index (χ0) is 19.9. The van der Waals surface area contributed by atoms with Gasteiger partial charge in [-0.25, -0.2) is 0 Å². The van der Waals surface area contributed by atoms with Crippen molar-refractivity contribution in [1.82, 2.24) is 15.1 Å². The summed E-state index contributed by atoms with van der Waals surface area (Å²) in [4.78, 5) is 29.0. The highest BCUT2D eigenvalue weighted by Gasteiger charge is 2.30. The number of ether oxygens (including phenoxy) is 1. The molecule has 2 heterocycles. The maximum absolute atomic E-state index is 13.0. The van der Waals surface area contributed by atoms with Crippen LogP contribution in [0.2, 0.25) is 0 Å². The molecule has 2 saturated heterocycles. The maximum Gasteiger partial charge on any atom is 0.245 e. The molecule has 3 rings (SSSR count). The van der Waals surface area contributed by atoms with E-state index in [1.165, 1.54) is 0 Å². The second kappa shape index (κ2) is 9.73. The first-order valence-corrected chi connectivity index (χ1v) is 10.3. The SMILES string of the molecule is COc1ccc(NC(=S)NC2CCCCN(CC(=O)N3CCCC3)C2=O)cc1. The Bertz CT molecular complexity index is 704. The summed E-state index contributed by atoms with van der Waals surface area (Å²) in [6.07, 6.45) is 4.63. The van der Waals surface area contributed by atoms with Crippen molar-refractivity contribution in [3.63, 3.8) is 0 Å². The molecule has 1 unspecified atom stereocenters. The molecule has 7 nitrogen and oxygen atoms in total. The van der Waals surface area contributed by atoms with Gasteiger partial charge in [-0.1, -0.05) is 0 Å². The van der Waals surface area contributed by atoms with Crippen LogP contribution in [0.15, 0.2) is 24.3 Å². The van der Waals surface area contributed by atoms with Gasteiger partial charge in [0.25, 0.3) is 0 Å². The number of hydrogen-bond acceptors (Lipinski definition) is 4. The van der Waals surface area contributed by atoms with Crippen LogP contribution in [0.25, 0.3) is 0 Å². The average molecular weight is 405 g/mol. The Balaban J connectivity index is 1.56. The molecule has 152 valence electrons. The zero-order valence-electron chi connectivity index (χ0n) is 16.3. The summed E-state index contributed by atoms with van der Waals surface area (Å²) in [5.41, 5.74) is 0.820. The summed E-state index contributed by atoms with van der Waals surface area (Å²) in [6, 6.07) is 7.00. The number of nitrogens with zero attached hydrogens (tertiary/aromatic N) is 2. The molecule has 1 aromatic rings. The van der Waals surface area contributed by atoms with E-state index in [0.29, 0.717) is 18.1 Å². The molecule has 0 radical (unpaired) electrons. The second-order valence-electron chi connectivity index (χ2n) is 7.22. The van der Waals surface area contributed by atoms with Gasteiger partial charge in [0.1, 0.15) is 11.8 Å². The smallest absolute Gasteiger partial charge is 0.245 e. The Morgan fingerprint density at radius 2 is 1.82 bits per heavy atom. The minimum atomic E-state index is -0.410. The van der Waals surface area contributed by atoms with E-state index in [1.807, 2.05) is 29.2 Å². The van der Waals surface area contributed by atoms with E-state index in [4.69, 9.17) is 17.0 Å². The molecular weight excluding hydrogens is 376 g/mol. The first kappa shape index (κ1) is 20.4. The number of benzene rings is 1. The largest absolute Gasteiger partial charge is 0.497 e. The molecule has 0 aromatic heterocycles. The van der Waals surface area contributed by atoms with Gasteiger partial charge in [0, 0.05) is 25.3 Å². The topological polar surface area (TPSA) is 73.9 Å². The number of likely N-dealkylation sites (tertiary alicyclic amines) is 2. The van der Waals surface area contributed by atoms with Crippen LogP contribution < -0.4 is 15.4 Å². The van der Waals surface area contributed by atoms with Gasteiger partial charge in [-0.15, -0.1) is 0 Å². The summed E-state index contributed by atoms with van der Waals surface area (Å²) in [7, 11) is 1.62. The van der Waals surface area contributed by atoms with E-state index < -0.39 is 6.04 Å². The monoisotopic (exact) mass is 404 g/mol. The first-order chi connectivity index (χ1) is 13.6. The fourth-order valence-electron chi connectivity index (χ4n) is 3.63. The summed E-state index contributed by atoms with van der Waals surface area (Å²) in [5.74, 6) is 0.760. The molecule has 1 aromatic carbocycles.